The number of hydrogen-bond acceptors (Lipinski definition) is 2. The van der Waals surface area contributed by atoms with Crippen LogP contribution in [0.2, 0.25) is 0 Å². The van der Waals surface area contributed by atoms with Crippen LogP contribution in [0.4, 0.5) is 0 Å². The van der Waals surface area contributed by atoms with Crippen LogP contribution in [0.5, 0.6) is 0 Å². The van der Waals surface area contributed by atoms with Gasteiger partial charge in [0.2, 0.25) is 0 Å². The summed E-state index contributed by atoms with van der Waals surface area (Å²) < 4.78 is 5.40. The highest BCUT2D eigenvalue weighted by Gasteiger charge is 2.12. The minimum Gasteiger partial charge on any atom is -0.380 e. The van der Waals surface area contributed by atoms with Crippen molar-refractivity contribution in [2.45, 2.75) is 58.4 Å². The van der Waals surface area contributed by atoms with Crippen LogP contribution in [0.25, 0.3) is 0 Å². The van der Waals surface area contributed by atoms with Gasteiger partial charge in [-0.1, -0.05) is 25.7 Å². The van der Waals surface area contributed by atoms with Crippen molar-refractivity contribution >= 4 is 0 Å². The summed E-state index contributed by atoms with van der Waals surface area (Å²) in [5.41, 5.74) is 0. The maximum absolute atomic E-state index is 5.40. The Labute approximate surface area is 94.8 Å². The van der Waals surface area contributed by atoms with Crippen LogP contribution in [-0.2, 0) is 4.74 Å². The van der Waals surface area contributed by atoms with Crippen LogP contribution in [0.15, 0.2) is 0 Å². The molecule has 1 unspecified atom stereocenters. The molecule has 0 heterocycles. The van der Waals surface area contributed by atoms with Gasteiger partial charge in [0.15, 0.2) is 0 Å². The molecule has 1 atom stereocenters. The molecule has 0 bridgehead atoms. The van der Waals surface area contributed by atoms with E-state index in [9.17, 15) is 0 Å². The lowest BCUT2D eigenvalue weighted by Gasteiger charge is -2.19. The van der Waals surface area contributed by atoms with Crippen molar-refractivity contribution in [3.05, 3.63) is 0 Å². The Bertz CT molecular complexity index is 141. The second-order valence-corrected chi connectivity index (χ2v) is 4.83. The Kier molecular flexibility index (Phi) is 7.03. The maximum Gasteiger partial charge on any atom is 0.0616 e. The predicted molar refractivity (Wildman–Crippen MR) is 65.1 cm³/mol. The summed E-state index contributed by atoms with van der Waals surface area (Å²) in [4.78, 5) is 0. The van der Waals surface area contributed by atoms with E-state index in [0.29, 0.717) is 6.04 Å². The number of ether oxygens (including phenoxy) is 1. The van der Waals surface area contributed by atoms with Crippen LogP contribution in [-0.4, -0.2) is 25.8 Å². The van der Waals surface area contributed by atoms with Gasteiger partial charge in [0.1, 0.15) is 0 Å². The lowest BCUT2D eigenvalue weighted by molar-refractivity contribution is 0.125. The van der Waals surface area contributed by atoms with Crippen molar-refractivity contribution in [1.29, 1.82) is 0 Å². The van der Waals surface area contributed by atoms with E-state index in [1.54, 1.807) is 0 Å². The largest absolute Gasteiger partial charge is 0.380 e. The summed E-state index contributed by atoms with van der Waals surface area (Å²) in [6.45, 7) is 7.14. The molecule has 0 aromatic carbocycles. The molecule has 0 aliphatic heterocycles. The van der Waals surface area contributed by atoms with Crippen molar-refractivity contribution in [1.82, 2.24) is 5.32 Å². The Morgan fingerprint density at radius 3 is 2.47 bits per heavy atom. The Morgan fingerprint density at radius 1 is 1.20 bits per heavy atom. The van der Waals surface area contributed by atoms with Gasteiger partial charge >= 0.3 is 0 Å². The minimum absolute atomic E-state index is 0.508. The minimum atomic E-state index is 0.508. The van der Waals surface area contributed by atoms with Crippen LogP contribution in [0.1, 0.15) is 52.4 Å². The van der Waals surface area contributed by atoms with E-state index in [1.165, 1.54) is 45.1 Å². The zero-order chi connectivity index (χ0) is 10.9. The van der Waals surface area contributed by atoms with Crippen LogP contribution in [0.3, 0.4) is 0 Å². The summed E-state index contributed by atoms with van der Waals surface area (Å²) in [5.74, 6) is 0.913. The fourth-order valence-corrected chi connectivity index (χ4v) is 2.29. The molecule has 1 aliphatic rings. The fourth-order valence-electron chi connectivity index (χ4n) is 2.29. The van der Waals surface area contributed by atoms with E-state index in [1.807, 2.05) is 0 Å². The molecule has 15 heavy (non-hydrogen) atoms. The molecule has 1 saturated carbocycles. The Morgan fingerprint density at radius 2 is 1.87 bits per heavy atom. The summed E-state index contributed by atoms with van der Waals surface area (Å²) in [7, 11) is 0. The van der Waals surface area contributed by atoms with E-state index < -0.39 is 0 Å². The molecule has 2 nitrogen and oxygen atoms in total. The molecule has 0 radical (unpaired) electrons. The fraction of sp³-hybridized carbons (Fsp3) is 1.00. The van der Waals surface area contributed by atoms with Gasteiger partial charge < -0.3 is 10.1 Å². The highest BCUT2D eigenvalue weighted by atomic mass is 16.5. The molecule has 0 spiro atoms. The molecule has 0 aromatic rings. The first-order valence-corrected chi connectivity index (χ1v) is 6.64. The Balaban J connectivity index is 2.06. The molecule has 0 aromatic heterocycles. The second kappa shape index (κ2) is 8.12. The number of hydrogen-bond donors (Lipinski definition) is 1. The van der Waals surface area contributed by atoms with Crippen molar-refractivity contribution in [3.8, 4) is 0 Å². The molecular formula is C13H27NO. The number of rotatable bonds is 6. The van der Waals surface area contributed by atoms with E-state index in [2.05, 4.69) is 19.2 Å². The monoisotopic (exact) mass is 213 g/mol. The van der Waals surface area contributed by atoms with E-state index in [-0.39, 0.29) is 0 Å². The van der Waals surface area contributed by atoms with E-state index in [0.717, 1.165) is 19.1 Å². The average molecular weight is 213 g/mol. The summed E-state index contributed by atoms with van der Waals surface area (Å²) in [6.07, 6.45) is 8.62. The first kappa shape index (κ1) is 13.0. The number of nitrogens with one attached hydrogen (secondary N) is 1. The quantitative estimate of drug-likeness (QED) is 0.685. The zero-order valence-electron chi connectivity index (χ0n) is 10.4. The van der Waals surface area contributed by atoms with E-state index >= 15 is 0 Å². The van der Waals surface area contributed by atoms with Gasteiger partial charge in [-0.3, -0.25) is 0 Å². The van der Waals surface area contributed by atoms with Gasteiger partial charge in [0.05, 0.1) is 6.61 Å². The van der Waals surface area contributed by atoms with Gasteiger partial charge in [0, 0.05) is 12.6 Å². The molecule has 90 valence electrons. The van der Waals surface area contributed by atoms with Gasteiger partial charge in [-0.15, -0.1) is 0 Å². The third-order valence-electron chi connectivity index (χ3n) is 3.30. The van der Waals surface area contributed by atoms with Crippen LogP contribution in [0, 0.1) is 5.92 Å². The van der Waals surface area contributed by atoms with Gasteiger partial charge in [-0.05, 0) is 39.2 Å². The molecule has 1 aliphatic carbocycles. The maximum atomic E-state index is 5.40. The first-order chi connectivity index (χ1) is 7.33. The molecule has 2 heteroatoms. The molecule has 0 amide bonds. The standard InChI is InChI=1S/C13H27NO/c1-3-15-11-12(2)14-10-13-8-6-4-5-7-9-13/h12-14H,3-11H2,1-2H3. The average Bonchev–Trinajstić information content (AvgIpc) is 2.51. The highest BCUT2D eigenvalue weighted by Crippen LogP contribution is 2.22. The lowest BCUT2D eigenvalue weighted by Crippen LogP contribution is -2.34. The van der Waals surface area contributed by atoms with Gasteiger partial charge in [-0.25, -0.2) is 0 Å². The molecular weight excluding hydrogens is 186 g/mol. The van der Waals surface area contributed by atoms with Crippen LogP contribution >= 0.6 is 0 Å². The normalized spacial score (nSPS) is 21.2. The Hall–Kier alpha value is -0.0800. The predicted octanol–water partition coefficient (Wildman–Crippen LogP) is 2.97. The van der Waals surface area contributed by atoms with E-state index in [4.69, 9.17) is 4.74 Å². The molecule has 0 saturated heterocycles. The van der Waals surface area contributed by atoms with Crippen molar-refractivity contribution in [2.24, 2.45) is 5.92 Å². The lowest BCUT2D eigenvalue weighted by atomic mass is 10.0. The zero-order valence-corrected chi connectivity index (χ0v) is 10.4. The highest BCUT2D eigenvalue weighted by molar-refractivity contribution is 4.69. The van der Waals surface area contributed by atoms with Gasteiger partial charge in [-0.2, -0.15) is 0 Å². The SMILES string of the molecule is CCOCC(C)NCC1CCCCCC1. The van der Waals surface area contributed by atoms with Crippen LogP contribution < -0.4 is 5.32 Å². The second-order valence-electron chi connectivity index (χ2n) is 4.83. The summed E-state index contributed by atoms with van der Waals surface area (Å²) in [5, 5.41) is 3.59. The van der Waals surface area contributed by atoms with Crippen molar-refractivity contribution < 1.29 is 4.74 Å². The topological polar surface area (TPSA) is 21.3 Å². The first-order valence-electron chi connectivity index (χ1n) is 6.64. The smallest absolute Gasteiger partial charge is 0.0616 e. The third kappa shape index (κ3) is 6.16. The summed E-state index contributed by atoms with van der Waals surface area (Å²) >= 11 is 0. The third-order valence-corrected chi connectivity index (χ3v) is 3.30. The molecule has 1 rings (SSSR count). The molecule has 1 fully saturated rings. The van der Waals surface area contributed by atoms with Crippen molar-refractivity contribution in [2.75, 3.05) is 19.8 Å². The van der Waals surface area contributed by atoms with Gasteiger partial charge in [0.25, 0.3) is 0 Å². The summed E-state index contributed by atoms with van der Waals surface area (Å²) in [6, 6.07) is 0.508. The van der Waals surface area contributed by atoms with Crippen molar-refractivity contribution in [3.63, 3.8) is 0 Å². The molecule has 1 N–H and O–H groups in total.